The fourth-order valence-corrected chi connectivity index (χ4v) is 1.75. The summed E-state index contributed by atoms with van der Waals surface area (Å²) < 4.78 is 0. The number of carboxylic acids is 1. The number of carbonyl (C=O) groups is 1. The normalized spacial score (nSPS) is 9.94. The summed E-state index contributed by atoms with van der Waals surface area (Å²) >= 11 is 4.07. The van der Waals surface area contributed by atoms with Crippen molar-refractivity contribution in [2.24, 2.45) is 0 Å². The predicted molar refractivity (Wildman–Crippen MR) is 70.6 cm³/mol. The van der Waals surface area contributed by atoms with Crippen LogP contribution in [0.15, 0.2) is 24.3 Å². The molecule has 0 bridgehead atoms. The standard InChI is InChI=1S/C13H11NO2S/c15-13(16)12-10(6-3-4-8-17)9-5-1-2-7-11(9)14-12/h1-2,5,7,14,17H,4,8H2,(H,15,16). The van der Waals surface area contributed by atoms with Gasteiger partial charge in [0.2, 0.25) is 0 Å². The topological polar surface area (TPSA) is 53.1 Å². The number of thiol groups is 1. The number of aromatic nitrogens is 1. The number of benzene rings is 1. The Hall–Kier alpha value is -1.86. The highest BCUT2D eigenvalue weighted by atomic mass is 32.1. The zero-order chi connectivity index (χ0) is 12.3. The summed E-state index contributed by atoms with van der Waals surface area (Å²) in [5.41, 5.74) is 1.49. The van der Waals surface area contributed by atoms with Crippen molar-refractivity contribution >= 4 is 29.5 Å². The maximum Gasteiger partial charge on any atom is 0.353 e. The third kappa shape index (κ3) is 2.29. The first-order chi connectivity index (χ1) is 8.24. The van der Waals surface area contributed by atoms with Crippen LogP contribution >= 0.6 is 12.6 Å². The van der Waals surface area contributed by atoms with E-state index in [0.717, 1.165) is 10.9 Å². The van der Waals surface area contributed by atoms with Crippen molar-refractivity contribution in [3.05, 3.63) is 35.5 Å². The van der Waals surface area contributed by atoms with E-state index >= 15 is 0 Å². The van der Waals surface area contributed by atoms with Gasteiger partial charge in [0.25, 0.3) is 0 Å². The first kappa shape index (κ1) is 11.6. The van der Waals surface area contributed by atoms with Crippen LogP contribution in [-0.4, -0.2) is 21.8 Å². The Balaban J connectivity index is 2.61. The van der Waals surface area contributed by atoms with Crippen LogP contribution in [0.1, 0.15) is 22.5 Å². The van der Waals surface area contributed by atoms with Gasteiger partial charge in [-0.3, -0.25) is 0 Å². The molecule has 0 atom stereocenters. The number of hydrogen-bond donors (Lipinski definition) is 3. The van der Waals surface area contributed by atoms with Crippen molar-refractivity contribution in [1.29, 1.82) is 0 Å². The van der Waals surface area contributed by atoms with Gasteiger partial charge < -0.3 is 10.1 Å². The Bertz CT molecular complexity index is 619. The lowest BCUT2D eigenvalue weighted by atomic mass is 10.1. The Morgan fingerprint density at radius 1 is 1.41 bits per heavy atom. The van der Waals surface area contributed by atoms with Crippen molar-refractivity contribution < 1.29 is 9.90 Å². The van der Waals surface area contributed by atoms with Crippen LogP contribution < -0.4 is 0 Å². The van der Waals surface area contributed by atoms with Gasteiger partial charge in [-0.05, 0) is 6.07 Å². The average molecular weight is 245 g/mol. The first-order valence-electron chi connectivity index (χ1n) is 5.17. The number of hydrogen-bond acceptors (Lipinski definition) is 2. The van der Waals surface area contributed by atoms with Crippen LogP contribution in [0.4, 0.5) is 0 Å². The minimum absolute atomic E-state index is 0.151. The maximum atomic E-state index is 11.1. The number of aromatic carboxylic acids is 1. The minimum Gasteiger partial charge on any atom is -0.477 e. The number of para-hydroxylation sites is 1. The van der Waals surface area contributed by atoms with E-state index in [1.54, 1.807) is 0 Å². The molecule has 0 spiro atoms. The minimum atomic E-state index is -0.989. The van der Waals surface area contributed by atoms with Crippen LogP contribution in [0.3, 0.4) is 0 Å². The van der Waals surface area contributed by atoms with Crippen LogP contribution in [0.2, 0.25) is 0 Å². The molecule has 0 saturated carbocycles. The molecule has 0 radical (unpaired) electrons. The summed E-state index contributed by atoms with van der Waals surface area (Å²) in [5.74, 6) is 5.50. The summed E-state index contributed by atoms with van der Waals surface area (Å²) in [6.45, 7) is 0. The second-order valence-corrected chi connectivity index (χ2v) is 3.95. The first-order valence-corrected chi connectivity index (χ1v) is 5.81. The molecule has 17 heavy (non-hydrogen) atoms. The van der Waals surface area contributed by atoms with E-state index in [9.17, 15) is 4.79 Å². The highest BCUT2D eigenvalue weighted by Gasteiger charge is 2.14. The molecule has 2 N–H and O–H groups in total. The Morgan fingerprint density at radius 3 is 2.88 bits per heavy atom. The zero-order valence-electron chi connectivity index (χ0n) is 9.03. The number of aromatic amines is 1. The van der Waals surface area contributed by atoms with Crippen molar-refractivity contribution in [2.75, 3.05) is 5.75 Å². The molecule has 1 aromatic carbocycles. The molecule has 0 aliphatic heterocycles. The molecule has 2 rings (SSSR count). The summed E-state index contributed by atoms with van der Waals surface area (Å²) in [6, 6.07) is 7.43. The summed E-state index contributed by atoms with van der Waals surface area (Å²) in [7, 11) is 0. The molecular weight excluding hydrogens is 234 g/mol. The molecule has 1 aromatic heterocycles. The maximum absolute atomic E-state index is 11.1. The highest BCUT2D eigenvalue weighted by Crippen LogP contribution is 2.21. The Kier molecular flexibility index (Phi) is 3.40. The molecule has 0 amide bonds. The van der Waals surface area contributed by atoms with Gasteiger partial charge in [0.15, 0.2) is 0 Å². The molecule has 4 heteroatoms. The summed E-state index contributed by atoms with van der Waals surface area (Å²) in [5, 5.41) is 9.95. The lowest BCUT2D eigenvalue weighted by Gasteiger charge is -1.90. The average Bonchev–Trinajstić information content (AvgIpc) is 2.69. The van der Waals surface area contributed by atoms with Crippen LogP contribution in [0.5, 0.6) is 0 Å². The fourth-order valence-electron chi connectivity index (χ4n) is 1.64. The molecule has 0 unspecified atom stereocenters. The molecular formula is C13H11NO2S. The van der Waals surface area contributed by atoms with Gasteiger partial charge in [-0.1, -0.05) is 30.0 Å². The third-order valence-electron chi connectivity index (χ3n) is 2.37. The number of nitrogens with one attached hydrogen (secondary N) is 1. The predicted octanol–water partition coefficient (Wildman–Crippen LogP) is 2.54. The van der Waals surface area contributed by atoms with Crippen molar-refractivity contribution in [2.45, 2.75) is 6.42 Å². The van der Waals surface area contributed by atoms with Gasteiger partial charge in [-0.25, -0.2) is 4.79 Å². The fraction of sp³-hybridized carbons (Fsp3) is 0.154. The molecule has 0 aliphatic carbocycles. The quantitative estimate of drug-likeness (QED) is 0.562. The van der Waals surface area contributed by atoms with E-state index in [2.05, 4.69) is 29.5 Å². The van der Waals surface area contributed by atoms with E-state index in [1.807, 2.05) is 24.3 Å². The van der Waals surface area contributed by atoms with Gasteiger partial charge in [-0.2, -0.15) is 12.6 Å². The number of carboxylic acid groups (broad SMARTS) is 1. The van der Waals surface area contributed by atoms with Crippen LogP contribution in [0, 0.1) is 11.8 Å². The van der Waals surface area contributed by atoms with Crippen molar-refractivity contribution in [1.82, 2.24) is 4.98 Å². The number of rotatable bonds is 2. The van der Waals surface area contributed by atoms with E-state index in [-0.39, 0.29) is 5.69 Å². The van der Waals surface area contributed by atoms with Crippen LogP contribution in [-0.2, 0) is 0 Å². The van der Waals surface area contributed by atoms with Crippen molar-refractivity contribution in [3.8, 4) is 11.8 Å². The van der Waals surface area contributed by atoms with Gasteiger partial charge in [0.1, 0.15) is 5.69 Å². The largest absolute Gasteiger partial charge is 0.477 e. The summed E-state index contributed by atoms with van der Waals surface area (Å²) in [4.78, 5) is 14.0. The van der Waals surface area contributed by atoms with E-state index in [4.69, 9.17) is 5.11 Å². The zero-order valence-corrected chi connectivity index (χ0v) is 9.92. The van der Waals surface area contributed by atoms with Gasteiger partial charge in [0.05, 0.1) is 5.56 Å². The molecule has 1 heterocycles. The number of fused-ring (bicyclic) bond motifs is 1. The lowest BCUT2D eigenvalue weighted by Crippen LogP contribution is -1.98. The Morgan fingerprint density at radius 2 is 2.18 bits per heavy atom. The van der Waals surface area contributed by atoms with E-state index in [1.165, 1.54) is 0 Å². The molecule has 0 saturated heterocycles. The molecule has 2 aromatic rings. The monoisotopic (exact) mass is 245 g/mol. The number of H-pyrrole nitrogens is 1. The molecule has 86 valence electrons. The molecule has 0 aliphatic rings. The second kappa shape index (κ2) is 4.98. The lowest BCUT2D eigenvalue weighted by molar-refractivity contribution is 0.0691. The van der Waals surface area contributed by atoms with Gasteiger partial charge in [-0.15, -0.1) is 0 Å². The second-order valence-electron chi connectivity index (χ2n) is 3.50. The van der Waals surface area contributed by atoms with E-state index in [0.29, 0.717) is 17.7 Å². The highest BCUT2D eigenvalue weighted by molar-refractivity contribution is 7.80. The van der Waals surface area contributed by atoms with Crippen molar-refractivity contribution in [3.63, 3.8) is 0 Å². The van der Waals surface area contributed by atoms with E-state index < -0.39 is 5.97 Å². The van der Waals surface area contributed by atoms with Gasteiger partial charge in [0, 0.05) is 23.1 Å². The smallest absolute Gasteiger partial charge is 0.353 e. The van der Waals surface area contributed by atoms with Gasteiger partial charge >= 0.3 is 5.97 Å². The molecule has 3 nitrogen and oxygen atoms in total. The third-order valence-corrected chi connectivity index (χ3v) is 2.59. The molecule has 0 fully saturated rings. The summed E-state index contributed by atoms with van der Waals surface area (Å²) in [6.07, 6.45) is 0.641. The Labute approximate surface area is 104 Å². The van der Waals surface area contributed by atoms with Crippen LogP contribution in [0.25, 0.3) is 10.9 Å². The SMILES string of the molecule is O=C(O)c1[nH]c2ccccc2c1C#CCCS.